The number of aliphatic hydroxyl groups excluding tert-OH is 1. The maximum absolute atomic E-state index is 11.4. The summed E-state index contributed by atoms with van der Waals surface area (Å²) >= 11 is 0. The van der Waals surface area contributed by atoms with Crippen LogP contribution in [0.5, 0.6) is 0 Å². The van der Waals surface area contributed by atoms with E-state index in [0.717, 1.165) is 16.8 Å². The van der Waals surface area contributed by atoms with Crippen LogP contribution in [0.15, 0.2) is 66.9 Å². The second-order valence-corrected chi connectivity index (χ2v) is 6.01. The first-order valence-electron chi connectivity index (χ1n) is 8.20. The van der Waals surface area contributed by atoms with Crippen molar-refractivity contribution in [2.75, 3.05) is 5.32 Å². The molecule has 0 amide bonds. The van der Waals surface area contributed by atoms with Crippen molar-refractivity contribution < 1.29 is 10.0 Å². The third-order valence-electron chi connectivity index (χ3n) is 4.10. The highest BCUT2D eigenvalue weighted by molar-refractivity contribution is 5.64. The van der Waals surface area contributed by atoms with Crippen molar-refractivity contribution in [1.29, 1.82) is 0 Å². The molecule has 2 aromatic carbocycles. The molecule has 0 fully saturated rings. The lowest BCUT2D eigenvalue weighted by atomic mass is 10.00. The number of aliphatic hydroxyl groups is 1. The molecule has 0 aliphatic rings. The summed E-state index contributed by atoms with van der Waals surface area (Å²) in [4.78, 5) is 15.4. The number of anilines is 1. The zero-order valence-corrected chi connectivity index (χ0v) is 14.3. The number of nitrogens with zero attached hydrogens (tertiary/aromatic N) is 2. The van der Waals surface area contributed by atoms with Gasteiger partial charge in [-0.25, -0.2) is 0 Å². The Morgan fingerprint density at radius 3 is 2.65 bits per heavy atom. The van der Waals surface area contributed by atoms with Gasteiger partial charge in [-0.15, -0.1) is 0 Å². The lowest BCUT2D eigenvalue weighted by Gasteiger charge is -2.21. The summed E-state index contributed by atoms with van der Waals surface area (Å²) in [6.45, 7) is 1.80. The van der Waals surface area contributed by atoms with Crippen LogP contribution in [-0.2, 0) is 6.61 Å². The Hall–Kier alpha value is -3.25. The van der Waals surface area contributed by atoms with Gasteiger partial charge in [0, 0.05) is 12.3 Å². The topological polar surface area (TPSA) is 88.3 Å². The van der Waals surface area contributed by atoms with E-state index in [1.807, 2.05) is 49.4 Å². The lowest BCUT2D eigenvalue weighted by Crippen LogP contribution is -2.15. The molecular formula is C20H19N3O3. The summed E-state index contributed by atoms with van der Waals surface area (Å²) in [6, 6.07) is 17.7. The van der Waals surface area contributed by atoms with Crippen molar-refractivity contribution in [3.63, 3.8) is 0 Å². The van der Waals surface area contributed by atoms with E-state index in [0.29, 0.717) is 11.3 Å². The molecule has 1 aromatic heterocycles. The molecule has 0 aliphatic heterocycles. The van der Waals surface area contributed by atoms with Gasteiger partial charge in [0.1, 0.15) is 5.69 Å². The SMILES string of the molecule is Cc1cccc(C(Nc2cc(CO)ccc2[N+](=O)[O-])c2ccccn2)c1. The number of nitro groups is 1. The number of nitro benzene ring substituents is 1. The molecular weight excluding hydrogens is 330 g/mol. The molecule has 0 saturated heterocycles. The molecule has 0 aliphatic carbocycles. The fourth-order valence-corrected chi connectivity index (χ4v) is 2.84. The van der Waals surface area contributed by atoms with Gasteiger partial charge in [0.25, 0.3) is 5.69 Å². The highest BCUT2D eigenvalue weighted by Crippen LogP contribution is 2.32. The number of hydrogen-bond donors (Lipinski definition) is 2. The van der Waals surface area contributed by atoms with Crippen molar-refractivity contribution in [3.8, 4) is 0 Å². The van der Waals surface area contributed by atoms with E-state index in [1.54, 1.807) is 18.3 Å². The van der Waals surface area contributed by atoms with Crippen molar-refractivity contribution in [2.45, 2.75) is 19.6 Å². The summed E-state index contributed by atoms with van der Waals surface area (Å²) in [5.41, 5.74) is 3.69. The van der Waals surface area contributed by atoms with Crippen LogP contribution in [0.4, 0.5) is 11.4 Å². The van der Waals surface area contributed by atoms with E-state index >= 15 is 0 Å². The average molecular weight is 349 g/mol. The van der Waals surface area contributed by atoms with Crippen molar-refractivity contribution in [1.82, 2.24) is 4.98 Å². The van der Waals surface area contributed by atoms with Gasteiger partial charge in [-0.1, -0.05) is 35.9 Å². The van der Waals surface area contributed by atoms with E-state index in [9.17, 15) is 15.2 Å². The fourth-order valence-electron chi connectivity index (χ4n) is 2.84. The standard InChI is InChI=1S/C20H19N3O3/c1-14-5-4-6-16(11-14)20(17-7-2-3-10-21-17)22-18-12-15(13-24)8-9-19(18)23(25)26/h2-12,20,22,24H,13H2,1H3. The molecule has 0 saturated carbocycles. The van der Waals surface area contributed by atoms with Gasteiger partial charge in [0.05, 0.1) is 23.3 Å². The first-order valence-corrected chi connectivity index (χ1v) is 8.20. The second kappa shape index (κ2) is 7.76. The van der Waals surface area contributed by atoms with Gasteiger partial charge >= 0.3 is 0 Å². The summed E-state index contributed by atoms with van der Waals surface area (Å²) in [5, 5.41) is 24.1. The van der Waals surface area contributed by atoms with E-state index in [1.165, 1.54) is 6.07 Å². The molecule has 6 nitrogen and oxygen atoms in total. The highest BCUT2D eigenvalue weighted by Gasteiger charge is 2.21. The largest absolute Gasteiger partial charge is 0.392 e. The summed E-state index contributed by atoms with van der Waals surface area (Å²) in [5.74, 6) is 0. The summed E-state index contributed by atoms with van der Waals surface area (Å²) in [6.07, 6.45) is 1.69. The molecule has 26 heavy (non-hydrogen) atoms. The lowest BCUT2D eigenvalue weighted by molar-refractivity contribution is -0.384. The highest BCUT2D eigenvalue weighted by atomic mass is 16.6. The van der Waals surface area contributed by atoms with E-state index in [-0.39, 0.29) is 18.3 Å². The molecule has 2 N–H and O–H groups in total. The zero-order chi connectivity index (χ0) is 18.5. The molecule has 132 valence electrons. The molecule has 3 rings (SSSR count). The summed E-state index contributed by atoms with van der Waals surface area (Å²) < 4.78 is 0. The van der Waals surface area contributed by atoms with Crippen molar-refractivity contribution in [2.24, 2.45) is 0 Å². The maximum atomic E-state index is 11.4. The maximum Gasteiger partial charge on any atom is 0.292 e. The number of aryl methyl sites for hydroxylation is 1. The van der Waals surface area contributed by atoms with Crippen LogP contribution in [0.25, 0.3) is 0 Å². The van der Waals surface area contributed by atoms with Crippen LogP contribution in [0.1, 0.15) is 28.4 Å². The molecule has 1 unspecified atom stereocenters. The molecule has 1 atom stereocenters. The van der Waals surface area contributed by atoms with Crippen LogP contribution in [0.3, 0.4) is 0 Å². The Bertz CT molecular complexity index is 913. The average Bonchev–Trinajstić information content (AvgIpc) is 2.66. The smallest absolute Gasteiger partial charge is 0.292 e. The van der Waals surface area contributed by atoms with E-state index in [2.05, 4.69) is 10.3 Å². The molecule has 0 spiro atoms. The van der Waals surface area contributed by atoms with Crippen LogP contribution >= 0.6 is 0 Å². The van der Waals surface area contributed by atoms with Gasteiger partial charge in [-0.3, -0.25) is 15.1 Å². The number of pyridine rings is 1. The Balaban J connectivity index is 2.08. The van der Waals surface area contributed by atoms with Crippen LogP contribution in [-0.4, -0.2) is 15.0 Å². The number of nitrogens with one attached hydrogen (secondary N) is 1. The minimum atomic E-state index is -0.435. The first-order chi connectivity index (χ1) is 12.6. The number of aromatic nitrogens is 1. The molecule has 1 heterocycles. The Labute approximate surface area is 151 Å². The fraction of sp³-hybridized carbons (Fsp3) is 0.150. The van der Waals surface area contributed by atoms with E-state index < -0.39 is 4.92 Å². The van der Waals surface area contributed by atoms with Crippen molar-refractivity contribution in [3.05, 3.63) is 99.4 Å². The normalized spacial score (nSPS) is 11.8. The number of rotatable bonds is 6. The van der Waals surface area contributed by atoms with Crippen molar-refractivity contribution >= 4 is 11.4 Å². The predicted octanol–water partition coefficient (Wildman–Crippen LogP) is 3.99. The van der Waals surface area contributed by atoms with Crippen LogP contribution in [0.2, 0.25) is 0 Å². The Kier molecular flexibility index (Phi) is 5.24. The number of benzene rings is 2. The third-order valence-corrected chi connectivity index (χ3v) is 4.10. The van der Waals surface area contributed by atoms with Gasteiger partial charge < -0.3 is 10.4 Å². The van der Waals surface area contributed by atoms with Gasteiger partial charge in [0.2, 0.25) is 0 Å². The van der Waals surface area contributed by atoms with Crippen LogP contribution < -0.4 is 5.32 Å². The second-order valence-electron chi connectivity index (χ2n) is 6.01. The minimum absolute atomic E-state index is 0.0456. The van der Waals surface area contributed by atoms with Gasteiger partial charge in [0.15, 0.2) is 0 Å². The Morgan fingerprint density at radius 2 is 2.00 bits per heavy atom. The monoisotopic (exact) mass is 349 g/mol. The van der Waals surface area contributed by atoms with Gasteiger partial charge in [-0.05, 0) is 42.3 Å². The van der Waals surface area contributed by atoms with Crippen LogP contribution in [0, 0.1) is 17.0 Å². The summed E-state index contributed by atoms with van der Waals surface area (Å²) in [7, 11) is 0. The third kappa shape index (κ3) is 3.87. The Morgan fingerprint density at radius 1 is 1.15 bits per heavy atom. The minimum Gasteiger partial charge on any atom is -0.392 e. The quantitative estimate of drug-likeness (QED) is 0.519. The first kappa shape index (κ1) is 17.6. The number of hydrogen-bond acceptors (Lipinski definition) is 5. The van der Waals surface area contributed by atoms with Gasteiger partial charge in [-0.2, -0.15) is 0 Å². The molecule has 6 heteroatoms. The molecule has 0 bridgehead atoms. The molecule has 3 aromatic rings. The zero-order valence-electron chi connectivity index (χ0n) is 14.3. The van der Waals surface area contributed by atoms with E-state index in [4.69, 9.17) is 0 Å². The predicted molar refractivity (Wildman–Crippen MR) is 99.9 cm³/mol. The molecule has 0 radical (unpaired) electrons.